The lowest BCUT2D eigenvalue weighted by Crippen LogP contribution is -2.40. The number of fused-ring (bicyclic) bond motifs is 1. The van der Waals surface area contributed by atoms with E-state index in [1.807, 2.05) is 38.1 Å². The molecule has 0 aliphatic carbocycles. The fourth-order valence-electron chi connectivity index (χ4n) is 3.11. The second-order valence-corrected chi connectivity index (χ2v) is 6.96. The minimum Gasteiger partial charge on any atom is -0.396 e. The number of nitrogens with one attached hydrogen (secondary N) is 2. The average molecular weight is 367 g/mol. The molecule has 0 saturated heterocycles. The number of carbonyl (C=O) groups is 2. The Hall–Kier alpha value is -2.86. The first-order valence-corrected chi connectivity index (χ1v) is 9.18. The van der Waals surface area contributed by atoms with E-state index in [0.717, 1.165) is 12.1 Å². The highest BCUT2D eigenvalue weighted by Crippen LogP contribution is 2.29. The van der Waals surface area contributed by atoms with Crippen LogP contribution in [0.4, 0.5) is 16.2 Å². The molecule has 0 spiro atoms. The topological polar surface area (TPSA) is 81.7 Å². The fourth-order valence-corrected chi connectivity index (χ4v) is 3.11. The Morgan fingerprint density at radius 2 is 1.93 bits per heavy atom. The van der Waals surface area contributed by atoms with Gasteiger partial charge in [0.15, 0.2) is 0 Å². The van der Waals surface area contributed by atoms with Gasteiger partial charge in [0, 0.05) is 36.1 Å². The predicted octanol–water partition coefficient (Wildman–Crippen LogP) is 3.03. The summed E-state index contributed by atoms with van der Waals surface area (Å²) in [6.45, 7) is 4.36. The van der Waals surface area contributed by atoms with Gasteiger partial charge in [0.05, 0.1) is 0 Å². The van der Waals surface area contributed by atoms with E-state index in [9.17, 15) is 9.59 Å². The van der Waals surface area contributed by atoms with Gasteiger partial charge in [-0.15, -0.1) is 0 Å². The molecule has 6 nitrogen and oxygen atoms in total. The van der Waals surface area contributed by atoms with E-state index in [1.165, 1.54) is 5.56 Å². The van der Waals surface area contributed by atoms with Crippen LogP contribution in [-0.4, -0.2) is 36.2 Å². The molecule has 2 aromatic rings. The molecule has 2 aromatic carbocycles. The Kier molecular flexibility index (Phi) is 5.76. The van der Waals surface area contributed by atoms with Gasteiger partial charge in [-0.2, -0.15) is 0 Å². The number of rotatable bonds is 5. The van der Waals surface area contributed by atoms with E-state index in [-0.39, 0.29) is 30.5 Å². The Bertz CT molecular complexity index is 837. The van der Waals surface area contributed by atoms with Crippen molar-refractivity contribution in [2.24, 2.45) is 5.92 Å². The van der Waals surface area contributed by atoms with Crippen LogP contribution in [0.3, 0.4) is 0 Å². The number of hydrogen-bond acceptors (Lipinski definition) is 3. The number of para-hydroxylation sites is 1. The van der Waals surface area contributed by atoms with Crippen LogP contribution in [0.15, 0.2) is 48.5 Å². The Labute approximate surface area is 159 Å². The molecule has 1 aliphatic rings. The Balaban J connectivity index is 1.69. The number of aliphatic hydroxyl groups excluding tert-OH is 1. The third kappa shape index (κ3) is 4.28. The molecule has 27 heavy (non-hydrogen) atoms. The summed E-state index contributed by atoms with van der Waals surface area (Å²) in [5.74, 6) is -0.120. The highest BCUT2D eigenvalue weighted by Gasteiger charge is 2.25. The first kappa shape index (κ1) is 18.9. The van der Waals surface area contributed by atoms with Crippen molar-refractivity contribution < 1.29 is 14.7 Å². The second kappa shape index (κ2) is 8.22. The summed E-state index contributed by atoms with van der Waals surface area (Å²) < 4.78 is 0. The maximum atomic E-state index is 12.9. The molecule has 2 atom stereocenters. The molecule has 3 amide bonds. The molecule has 0 radical (unpaired) electrons. The van der Waals surface area contributed by atoms with Crippen molar-refractivity contribution in [2.75, 3.05) is 23.4 Å². The molecule has 3 N–H and O–H groups in total. The summed E-state index contributed by atoms with van der Waals surface area (Å²) in [5, 5.41) is 14.7. The molecule has 0 bridgehead atoms. The van der Waals surface area contributed by atoms with Crippen LogP contribution < -0.4 is 15.5 Å². The summed E-state index contributed by atoms with van der Waals surface area (Å²) >= 11 is 0. The second-order valence-electron chi connectivity index (χ2n) is 6.96. The number of benzene rings is 2. The molecule has 1 heterocycles. The molecule has 3 rings (SSSR count). The molecular formula is C21H25N3O3. The average Bonchev–Trinajstić information content (AvgIpc) is 3.10. The van der Waals surface area contributed by atoms with Crippen molar-refractivity contribution in [3.05, 3.63) is 59.7 Å². The minimum atomic E-state index is -0.362. The number of amides is 3. The number of urea groups is 1. The van der Waals surface area contributed by atoms with Gasteiger partial charge in [0.2, 0.25) is 0 Å². The summed E-state index contributed by atoms with van der Waals surface area (Å²) in [5.41, 5.74) is 3.20. The van der Waals surface area contributed by atoms with E-state index in [1.54, 1.807) is 29.2 Å². The third-order valence-corrected chi connectivity index (χ3v) is 5.00. The SMILES string of the molecule is C[C@@H](CO)[C@@H](C)NC(=O)Nc1cccc(C(=O)N2CCc3ccccc32)c1. The lowest BCUT2D eigenvalue weighted by Gasteiger charge is -2.20. The van der Waals surface area contributed by atoms with Gasteiger partial charge in [-0.25, -0.2) is 4.79 Å². The van der Waals surface area contributed by atoms with Crippen LogP contribution in [0.25, 0.3) is 0 Å². The monoisotopic (exact) mass is 367 g/mol. The van der Waals surface area contributed by atoms with Crippen LogP contribution in [-0.2, 0) is 6.42 Å². The smallest absolute Gasteiger partial charge is 0.319 e. The lowest BCUT2D eigenvalue weighted by molar-refractivity contribution is 0.0989. The van der Waals surface area contributed by atoms with Crippen molar-refractivity contribution in [3.63, 3.8) is 0 Å². The molecular weight excluding hydrogens is 342 g/mol. The van der Waals surface area contributed by atoms with Crippen LogP contribution in [0, 0.1) is 5.92 Å². The van der Waals surface area contributed by atoms with E-state index in [0.29, 0.717) is 17.8 Å². The van der Waals surface area contributed by atoms with Gasteiger partial charge in [-0.3, -0.25) is 4.79 Å². The van der Waals surface area contributed by atoms with Crippen molar-refractivity contribution in [2.45, 2.75) is 26.3 Å². The predicted molar refractivity (Wildman–Crippen MR) is 106 cm³/mol. The zero-order chi connectivity index (χ0) is 19.4. The molecule has 1 aliphatic heterocycles. The van der Waals surface area contributed by atoms with Crippen molar-refractivity contribution in [3.8, 4) is 0 Å². The van der Waals surface area contributed by atoms with E-state index in [4.69, 9.17) is 5.11 Å². The molecule has 0 fully saturated rings. The molecule has 0 unspecified atom stereocenters. The van der Waals surface area contributed by atoms with Crippen molar-refractivity contribution in [1.29, 1.82) is 0 Å². The Morgan fingerprint density at radius 1 is 1.15 bits per heavy atom. The van der Waals surface area contributed by atoms with Gasteiger partial charge in [-0.05, 0) is 49.1 Å². The van der Waals surface area contributed by atoms with Crippen molar-refractivity contribution >= 4 is 23.3 Å². The van der Waals surface area contributed by atoms with E-state index in [2.05, 4.69) is 10.6 Å². The van der Waals surface area contributed by atoms with Crippen molar-refractivity contribution in [1.82, 2.24) is 5.32 Å². The Morgan fingerprint density at radius 3 is 2.70 bits per heavy atom. The van der Waals surface area contributed by atoms with Crippen LogP contribution >= 0.6 is 0 Å². The number of nitrogens with zero attached hydrogens (tertiary/aromatic N) is 1. The summed E-state index contributed by atoms with van der Waals surface area (Å²) in [4.78, 5) is 26.8. The normalized spacial score (nSPS) is 15.0. The molecule has 0 aromatic heterocycles. The largest absolute Gasteiger partial charge is 0.396 e. The highest BCUT2D eigenvalue weighted by atomic mass is 16.3. The maximum Gasteiger partial charge on any atom is 0.319 e. The van der Waals surface area contributed by atoms with E-state index >= 15 is 0 Å². The van der Waals surface area contributed by atoms with Gasteiger partial charge >= 0.3 is 6.03 Å². The standard InChI is InChI=1S/C21H25N3O3/c1-14(13-25)15(2)22-21(27)23-18-8-5-7-17(12-18)20(26)24-11-10-16-6-3-4-9-19(16)24/h3-9,12,14-15,25H,10-11,13H2,1-2H3,(H2,22,23,27)/t14-,15+/m0/s1. The quantitative estimate of drug-likeness (QED) is 0.760. The molecule has 6 heteroatoms. The van der Waals surface area contributed by atoms with Crippen LogP contribution in [0.1, 0.15) is 29.8 Å². The zero-order valence-corrected chi connectivity index (χ0v) is 15.6. The van der Waals surface area contributed by atoms with Gasteiger partial charge in [0.1, 0.15) is 0 Å². The summed E-state index contributed by atoms with van der Waals surface area (Å²) in [6, 6.07) is 14.3. The molecule has 142 valence electrons. The van der Waals surface area contributed by atoms with Crippen LogP contribution in [0.2, 0.25) is 0 Å². The number of hydrogen-bond donors (Lipinski definition) is 3. The summed E-state index contributed by atoms with van der Waals surface area (Å²) in [7, 11) is 0. The van der Waals surface area contributed by atoms with E-state index < -0.39 is 0 Å². The minimum absolute atomic E-state index is 0.00272. The fraction of sp³-hybridized carbons (Fsp3) is 0.333. The maximum absolute atomic E-state index is 12.9. The van der Waals surface area contributed by atoms with Gasteiger partial charge < -0.3 is 20.6 Å². The highest BCUT2D eigenvalue weighted by molar-refractivity contribution is 6.08. The van der Waals surface area contributed by atoms with Gasteiger partial charge in [-0.1, -0.05) is 31.2 Å². The number of carbonyl (C=O) groups excluding carboxylic acids is 2. The lowest BCUT2D eigenvalue weighted by atomic mass is 10.1. The zero-order valence-electron chi connectivity index (χ0n) is 15.6. The number of aliphatic hydroxyl groups is 1. The number of anilines is 2. The van der Waals surface area contributed by atoms with Gasteiger partial charge in [0.25, 0.3) is 5.91 Å². The third-order valence-electron chi connectivity index (χ3n) is 5.00. The molecule has 0 saturated carbocycles. The first-order chi connectivity index (χ1) is 13.0. The first-order valence-electron chi connectivity index (χ1n) is 9.18. The summed E-state index contributed by atoms with van der Waals surface area (Å²) in [6.07, 6.45) is 0.850. The van der Waals surface area contributed by atoms with Crippen LogP contribution in [0.5, 0.6) is 0 Å².